The summed E-state index contributed by atoms with van der Waals surface area (Å²) in [5, 5.41) is 3.00. The van der Waals surface area contributed by atoms with Crippen molar-refractivity contribution in [1.82, 2.24) is 9.55 Å². The van der Waals surface area contributed by atoms with Crippen LogP contribution in [0.5, 0.6) is 0 Å². The molecule has 2 heterocycles. The van der Waals surface area contributed by atoms with Crippen molar-refractivity contribution in [3.63, 3.8) is 0 Å². The van der Waals surface area contributed by atoms with E-state index < -0.39 is 0 Å². The Labute approximate surface area is 136 Å². The fourth-order valence-electron chi connectivity index (χ4n) is 2.99. The zero-order valence-electron chi connectivity index (χ0n) is 13.1. The maximum atomic E-state index is 12.9. The van der Waals surface area contributed by atoms with Gasteiger partial charge in [-0.15, -0.1) is 0 Å². The van der Waals surface area contributed by atoms with Crippen LogP contribution in [-0.4, -0.2) is 21.2 Å². The number of hydrogen-bond donors (Lipinski definition) is 1. The minimum atomic E-state index is -0.321. The van der Waals surface area contributed by atoms with E-state index in [1.165, 1.54) is 11.5 Å². The van der Waals surface area contributed by atoms with Crippen molar-refractivity contribution in [1.29, 1.82) is 0 Å². The summed E-state index contributed by atoms with van der Waals surface area (Å²) in [6.07, 6.45) is 0. The van der Waals surface area contributed by atoms with Crippen molar-refractivity contribution in [3.8, 4) is 5.69 Å². The van der Waals surface area contributed by atoms with Crippen molar-refractivity contribution in [3.05, 3.63) is 63.7 Å². The van der Waals surface area contributed by atoms with E-state index in [0.717, 1.165) is 5.56 Å². The van der Waals surface area contributed by atoms with Crippen molar-refractivity contribution in [2.75, 3.05) is 5.32 Å². The molecule has 6 heteroatoms. The number of nitrogens with zero attached hydrogens (tertiary/aromatic N) is 2. The summed E-state index contributed by atoms with van der Waals surface area (Å²) in [5.41, 5.74) is 2.60. The number of fused-ring (bicyclic) bond motifs is 4. The van der Waals surface area contributed by atoms with E-state index in [1.54, 1.807) is 30.3 Å². The fraction of sp³-hybridized carbons (Fsp3) is 0.111. The van der Waals surface area contributed by atoms with Gasteiger partial charge < -0.3 is 5.32 Å². The zero-order chi connectivity index (χ0) is 17.0. The van der Waals surface area contributed by atoms with Gasteiger partial charge in [0.05, 0.1) is 22.2 Å². The molecule has 6 nitrogen and oxygen atoms in total. The molecule has 0 saturated heterocycles. The number of ketones is 1. The number of nitrogens with one attached hydrogen (secondary N) is 1. The Morgan fingerprint density at radius 2 is 1.92 bits per heavy atom. The van der Waals surface area contributed by atoms with E-state index in [0.29, 0.717) is 27.8 Å². The van der Waals surface area contributed by atoms with Gasteiger partial charge in [0, 0.05) is 12.6 Å². The highest BCUT2D eigenvalue weighted by Crippen LogP contribution is 2.27. The molecule has 0 fully saturated rings. The maximum absolute atomic E-state index is 12.9. The predicted octanol–water partition coefficient (Wildman–Crippen LogP) is 2.20. The molecule has 0 aliphatic carbocycles. The standard InChI is InChI=1S/C18H13N3O3/c1-9-3-6-15-13(7-9)16(23)17-20-14-5-4-11(19-10(2)22)8-12(14)18(24)21(15)17/h3-8H,1-2H3,(H,19,22). The number of carbonyl (C=O) groups is 2. The second-order valence-corrected chi connectivity index (χ2v) is 5.84. The van der Waals surface area contributed by atoms with Crippen LogP contribution in [0, 0.1) is 6.92 Å². The van der Waals surface area contributed by atoms with Gasteiger partial charge in [-0.3, -0.25) is 19.0 Å². The van der Waals surface area contributed by atoms with E-state index in [2.05, 4.69) is 10.3 Å². The van der Waals surface area contributed by atoms with Crippen LogP contribution in [-0.2, 0) is 4.79 Å². The summed E-state index contributed by atoms with van der Waals surface area (Å²) in [7, 11) is 0. The lowest BCUT2D eigenvalue weighted by Crippen LogP contribution is -2.21. The van der Waals surface area contributed by atoms with Gasteiger partial charge in [-0.2, -0.15) is 0 Å². The van der Waals surface area contributed by atoms with Crippen LogP contribution >= 0.6 is 0 Å². The Morgan fingerprint density at radius 1 is 1.12 bits per heavy atom. The number of anilines is 1. The quantitative estimate of drug-likeness (QED) is 0.583. The maximum Gasteiger partial charge on any atom is 0.266 e. The third-order valence-electron chi connectivity index (χ3n) is 4.03. The first-order chi connectivity index (χ1) is 11.5. The second kappa shape index (κ2) is 4.86. The van der Waals surface area contributed by atoms with Crippen LogP contribution in [0.1, 0.15) is 28.7 Å². The lowest BCUT2D eigenvalue weighted by molar-refractivity contribution is -0.114. The van der Waals surface area contributed by atoms with E-state index in [1.807, 2.05) is 13.0 Å². The minimum Gasteiger partial charge on any atom is -0.326 e. The number of amides is 1. The number of rotatable bonds is 1. The van der Waals surface area contributed by atoms with Crippen molar-refractivity contribution >= 4 is 28.3 Å². The lowest BCUT2D eigenvalue weighted by atomic mass is 10.1. The number of aryl methyl sites for hydroxylation is 1. The number of hydrogen-bond acceptors (Lipinski definition) is 4. The van der Waals surface area contributed by atoms with E-state index >= 15 is 0 Å². The van der Waals surface area contributed by atoms with Crippen LogP contribution in [0.15, 0.2) is 41.2 Å². The highest BCUT2D eigenvalue weighted by molar-refractivity contribution is 6.13. The Bertz CT molecular complexity index is 1110. The summed E-state index contributed by atoms with van der Waals surface area (Å²) in [4.78, 5) is 41.0. The molecule has 118 valence electrons. The van der Waals surface area contributed by atoms with Crippen LogP contribution in [0.25, 0.3) is 16.6 Å². The smallest absolute Gasteiger partial charge is 0.266 e. The Hall–Kier alpha value is -3.28. The largest absolute Gasteiger partial charge is 0.326 e. The fourth-order valence-corrected chi connectivity index (χ4v) is 2.99. The van der Waals surface area contributed by atoms with E-state index in [-0.39, 0.29) is 23.1 Å². The molecule has 0 radical (unpaired) electrons. The molecule has 0 unspecified atom stereocenters. The highest BCUT2D eigenvalue weighted by Gasteiger charge is 2.30. The zero-order valence-corrected chi connectivity index (χ0v) is 13.1. The van der Waals surface area contributed by atoms with Gasteiger partial charge in [-0.25, -0.2) is 4.98 Å². The normalized spacial score (nSPS) is 12.2. The van der Waals surface area contributed by atoms with Crippen LogP contribution in [0.3, 0.4) is 0 Å². The lowest BCUT2D eigenvalue weighted by Gasteiger charge is -2.07. The molecule has 1 N–H and O–H groups in total. The summed E-state index contributed by atoms with van der Waals surface area (Å²) in [5.74, 6) is -0.349. The van der Waals surface area contributed by atoms with Gasteiger partial charge in [0.2, 0.25) is 11.7 Å². The summed E-state index contributed by atoms with van der Waals surface area (Å²) < 4.78 is 1.34. The highest BCUT2D eigenvalue weighted by atomic mass is 16.2. The van der Waals surface area contributed by atoms with Crippen LogP contribution in [0.4, 0.5) is 5.69 Å². The summed E-state index contributed by atoms with van der Waals surface area (Å²) in [6, 6.07) is 10.2. The monoisotopic (exact) mass is 319 g/mol. The van der Waals surface area contributed by atoms with Crippen molar-refractivity contribution in [2.45, 2.75) is 13.8 Å². The topological polar surface area (TPSA) is 81.1 Å². The molecule has 0 bridgehead atoms. The molecular weight excluding hydrogens is 306 g/mol. The Kier molecular flexibility index (Phi) is 2.90. The molecule has 0 spiro atoms. The second-order valence-electron chi connectivity index (χ2n) is 5.84. The third-order valence-corrected chi connectivity index (χ3v) is 4.03. The van der Waals surface area contributed by atoms with E-state index in [4.69, 9.17) is 0 Å². The first-order valence-corrected chi connectivity index (χ1v) is 7.46. The molecule has 4 rings (SSSR count). The van der Waals surface area contributed by atoms with E-state index in [9.17, 15) is 14.4 Å². The van der Waals surface area contributed by atoms with Gasteiger partial charge in [0.15, 0.2) is 5.82 Å². The summed E-state index contributed by atoms with van der Waals surface area (Å²) >= 11 is 0. The third kappa shape index (κ3) is 1.96. The van der Waals surface area contributed by atoms with Crippen molar-refractivity contribution in [2.24, 2.45) is 0 Å². The van der Waals surface area contributed by atoms with Crippen molar-refractivity contribution < 1.29 is 9.59 Å². The molecular formula is C18H13N3O3. The Balaban J connectivity index is 2.03. The molecule has 1 aliphatic rings. The first-order valence-electron chi connectivity index (χ1n) is 7.46. The molecule has 0 saturated carbocycles. The number of aromatic nitrogens is 2. The molecule has 1 aliphatic heterocycles. The Morgan fingerprint density at radius 3 is 2.67 bits per heavy atom. The SMILES string of the molecule is CC(=O)Nc1ccc2nc3n(c(=O)c2c1)-c1ccc(C)cc1C3=O. The minimum absolute atomic E-state index is 0.125. The molecule has 24 heavy (non-hydrogen) atoms. The molecule has 3 aromatic rings. The van der Waals surface area contributed by atoms with Crippen LogP contribution in [0.2, 0.25) is 0 Å². The summed E-state index contributed by atoms with van der Waals surface area (Å²) in [6.45, 7) is 3.29. The van der Waals surface area contributed by atoms with Crippen LogP contribution < -0.4 is 10.9 Å². The molecule has 1 aromatic heterocycles. The predicted molar refractivity (Wildman–Crippen MR) is 89.8 cm³/mol. The van der Waals surface area contributed by atoms with Gasteiger partial charge in [-0.1, -0.05) is 11.6 Å². The molecule has 2 aromatic carbocycles. The van der Waals surface area contributed by atoms with Gasteiger partial charge >= 0.3 is 0 Å². The molecule has 0 atom stereocenters. The van der Waals surface area contributed by atoms with Gasteiger partial charge in [0.25, 0.3) is 5.56 Å². The number of carbonyl (C=O) groups excluding carboxylic acids is 2. The first kappa shape index (κ1) is 14.3. The average molecular weight is 319 g/mol. The number of benzene rings is 2. The molecule has 1 amide bonds. The van der Waals surface area contributed by atoms with Gasteiger partial charge in [-0.05, 0) is 37.3 Å². The average Bonchev–Trinajstić information content (AvgIpc) is 2.80. The van der Waals surface area contributed by atoms with Gasteiger partial charge in [0.1, 0.15) is 0 Å².